The third kappa shape index (κ3) is 9.35. The molecule has 2 aliphatic heterocycles. The van der Waals surface area contributed by atoms with E-state index in [2.05, 4.69) is 41.1 Å². The predicted octanol–water partition coefficient (Wildman–Crippen LogP) is 6.75. The molecule has 4 fully saturated rings. The highest BCUT2D eigenvalue weighted by Crippen LogP contribution is 2.35. The van der Waals surface area contributed by atoms with Crippen LogP contribution < -0.4 is 26.8 Å². The number of aromatic nitrogens is 3. The maximum absolute atomic E-state index is 15.2. The minimum Gasteiger partial charge on any atom is -0.380 e. The van der Waals surface area contributed by atoms with Crippen LogP contribution in [0.2, 0.25) is 0 Å². The van der Waals surface area contributed by atoms with Crippen molar-refractivity contribution in [2.45, 2.75) is 107 Å². The monoisotopic (exact) mass is 778 g/mol. The van der Waals surface area contributed by atoms with Gasteiger partial charge >= 0.3 is 0 Å². The molecule has 2 saturated carbocycles. The molecule has 0 spiro atoms. The number of nitrogens with zero attached hydrogens (tertiary/aromatic N) is 3. The number of anilines is 2. The second-order valence-electron chi connectivity index (χ2n) is 16.3. The second-order valence-corrected chi connectivity index (χ2v) is 16.3. The van der Waals surface area contributed by atoms with E-state index in [1.54, 1.807) is 42.6 Å². The third-order valence-corrected chi connectivity index (χ3v) is 12.6. The van der Waals surface area contributed by atoms with E-state index < -0.39 is 5.82 Å². The maximum Gasteiger partial charge on any atom is 0.255 e. The molecular weight excluding hydrogens is 727 g/mol. The van der Waals surface area contributed by atoms with E-state index in [1.165, 1.54) is 6.20 Å². The Morgan fingerprint density at radius 2 is 1.54 bits per heavy atom. The van der Waals surface area contributed by atoms with Crippen LogP contribution in [0.3, 0.4) is 0 Å². The molecule has 57 heavy (non-hydrogen) atoms. The molecule has 11 nitrogen and oxygen atoms in total. The zero-order chi connectivity index (χ0) is 39.3. The number of H-pyrrole nitrogens is 1. The largest absolute Gasteiger partial charge is 0.380 e. The van der Waals surface area contributed by atoms with E-state index in [-0.39, 0.29) is 58.8 Å². The number of carbonyl (C=O) groups is 2. The number of amides is 2. The summed E-state index contributed by atoms with van der Waals surface area (Å²) in [6.45, 7) is 2.48. The lowest BCUT2D eigenvalue weighted by molar-refractivity contribution is -0.127. The smallest absolute Gasteiger partial charge is 0.255 e. The number of carbonyl (C=O) groups excluding carboxylic acids is 2. The highest BCUT2D eigenvalue weighted by Gasteiger charge is 2.33. The van der Waals surface area contributed by atoms with Gasteiger partial charge in [-0.25, -0.2) is 18.7 Å². The summed E-state index contributed by atoms with van der Waals surface area (Å²) in [5.41, 5.74) is 3.22. The molecule has 0 bridgehead atoms. The molecular formula is C44H52F2N8O3. The van der Waals surface area contributed by atoms with E-state index in [0.717, 1.165) is 95.0 Å². The highest BCUT2D eigenvalue weighted by atomic mass is 19.1. The standard InChI is InChI=1S/C44H52F2N8O3/c45-38-24-33(50-34-13-17-40(55)48-25-34)12-16-36(38)27-18-21-54(22-19-27)35-14-10-31(11-15-35)51-42(56)28-6-8-32(9-7-28)52-44-49-26-39(46)41(53-44)30-4-1-3-29(23-30)37-5-2-20-47-43(37)57/h1-5,12,16,20,23-24,26-28,31-32,34-35,50H,6-11,13-15,17-19,21-22,25H2,(H,47,57)(H,48,55)(H,51,56)(H,49,52,53). The van der Waals surface area contributed by atoms with Gasteiger partial charge in [-0.05, 0) is 131 Å². The Morgan fingerprint density at radius 3 is 2.28 bits per heavy atom. The summed E-state index contributed by atoms with van der Waals surface area (Å²) in [7, 11) is 0. The van der Waals surface area contributed by atoms with Crippen molar-refractivity contribution in [3.05, 3.63) is 94.5 Å². The zero-order valence-electron chi connectivity index (χ0n) is 32.2. The lowest BCUT2D eigenvalue weighted by atomic mass is 9.83. The average Bonchev–Trinajstić information content (AvgIpc) is 3.23. The summed E-state index contributed by atoms with van der Waals surface area (Å²) in [6.07, 6.45) is 13.0. The van der Waals surface area contributed by atoms with Gasteiger partial charge in [-0.1, -0.05) is 24.3 Å². The number of likely N-dealkylation sites (tertiary alicyclic amines) is 1. The third-order valence-electron chi connectivity index (χ3n) is 12.6. The van der Waals surface area contributed by atoms with Crippen molar-refractivity contribution in [2.24, 2.45) is 5.92 Å². The first-order chi connectivity index (χ1) is 27.8. The summed E-state index contributed by atoms with van der Waals surface area (Å²) in [4.78, 5) is 51.1. The molecule has 4 aliphatic rings. The van der Waals surface area contributed by atoms with Crippen molar-refractivity contribution in [3.63, 3.8) is 0 Å². The van der Waals surface area contributed by atoms with Gasteiger partial charge < -0.3 is 31.2 Å². The van der Waals surface area contributed by atoms with Crippen molar-refractivity contribution in [1.29, 1.82) is 0 Å². The van der Waals surface area contributed by atoms with E-state index >= 15 is 4.39 Å². The highest BCUT2D eigenvalue weighted by molar-refractivity contribution is 5.79. The Labute approximate surface area is 331 Å². The van der Waals surface area contributed by atoms with Crippen LogP contribution in [-0.2, 0) is 9.59 Å². The molecule has 0 radical (unpaired) electrons. The number of aromatic amines is 1. The van der Waals surface area contributed by atoms with Crippen LogP contribution in [0, 0.1) is 17.6 Å². The number of hydrogen-bond acceptors (Lipinski definition) is 8. The van der Waals surface area contributed by atoms with Crippen molar-refractivity contribution >= 4 is 23.5 Å². The molecule has 2 saturated heterocycles. The number of piperidine rings is 2. The van der Waals surface area contributed by atoms with Gasteiger partial charge in [0.25, 0.3) is 5.56 Å². The normalized spacial score (nSPS) is 24.7. The zero-order valence-corrected chi connectivity index (χ0v) is 32.2. The van der Waals surface area contributed by atoms with E-state index in [9.17, 15) is 18.8 Å². The van der Waals surface area contributed by atoms with Gasteiger partial charge in [-0.2, -0.15) is 0 Å². The minimum absolute atomic E-state index is 0.0337. The van der Waals surface area contributed by atoms with Crippen molar-refractivity contribution in [3.8, 4) is 22.4 Å². The first-order valence-electron chi connectivity index (χ1n) is 20.7. The average molecular weight is 779 g/mol. The van der Waals surface area contributed by atoms with Crippen LogP contribution in [-0.4, -0.2) is 75.5 Å². The number of pyridine rings is 1. The Kier molecular flexibility index (Phi) is 11.9. The molecule has 300 valence electrons. The first-order valence-corrected chi connectivity index (χ1v) is 20.7. The Bertz CT molecular complexity index is 2100. The molecule has 2 aromatic carbocycles. The summed E-state index contributed by atoms with van der Waals surface area (Å²) >= 11 is 0. The maximum atomic E-state index is 15.2. The van der Waals surface area contributed by atoms with Gasteiger partial charge in [-0.3, -0.25) is 14.4 Å². The molecule has 2 aromatic heterocycles. The van der Waals surface area contributed by atoms with Crippen LogP contribution in [0.1, 0.15) is 88.5 Å². The lowest BCUT2D eigenvalue weighted by Crippen LogP contribution is -2.47. The van der Waals surface area contributed by atoms with Crippen molar-refractivity contribution in [1.82, 2.24) is 30.5 Å². The topological polar surface area (TPSA) is 144 Å². The number of nitrogens with one attached hydrogen (secondary N) is 5. The van der Waals surface area contributed by atoms with Crippen LogP contribution in [0.5, 0.6) is 0 Å². The van der Waals surface area contributed by atoms with E-state index in [4.69, 9.17) is 0 Å². The lowest BCUT2D eigenvalue weighted by Gasteiger charge is -2.41. The number of benzene rings is 2. The van der Waals surface area contributed by atoms with Gasteiger partial charge in [0.2, 0.25) is 17.8 Å². The van der Waals surface area contributed by atoms with Crippen LogP contribution in [0.4, 0.5) is 20.4 Å². The van der Waals surface area contributed by atoms with Gasteiger partial charge in [-0.15, -0.1) is 0 Å². The van der Waals surface area contributed by atoms with Gasteiger partial charge in [0.05, 0.1) is 6.20 Å². The summed E-state index contributed by atoms with van der Waals surface area (Å²) in [6, 6.07) is 17.0. The summed E-state index contributed by atoms with van der Waals surface area (Å²) in [5, 5.41) is 13.0. The fourth-order valence-corrected chi connectivity index (χ4v) is 9.32. The van der Waals surface area contributed by atoms with Crippen LogP contribution in [0.15, 0.2) is 71.8 Å². The molecule has 1 unspecified atom stereocenters. The summed E-state index contributed by atoms with van der Waals surface area (Å²) in [5.74, 6) is 0.0302. The molecule has 4 aromatic rings. The van der Waals surface area contributed by atoms with E-state index in [0.29, 0.717) is 41.6 Å². The van der Waals surface area contributed by atoms with E-state index in [1.807, 2.05) is 18.2 Å². The van der Waals surface area contributed by atoms with Crippen LogP contribution >= 0.6 is 0 Å². The molecule has 2 aliphatic carbocycles. The molecule has 5 N–H and O–H groups in total. The van der Waals surface area contributed by atoms with Crippen molar-refractivity contribution in [2.75, 3.05) is 30.3 Å². The molecule has 13 heteroatoms. The quantitative estimate of drug-likeness (QED) is 0.119. The minimum atomic E-state index is -0.546. The first kappa shape index (κ1) is 38.7. The fourth-order valence-electron chi connectivity index (χ4n) is 9.32. The summed E-state index contributed by atoms with van der Waals surface area (Å²) < 4.78 is 30.2. The molecule has 4 heterocycles. The SMILES string of the molecule is O=C1CCC(Nc2ccc(C3CCN(C4CCC(NC(=O)C5CCC(Nc6ncc(F)c(-c7cccc(-c8ccc[nH]c8=O)c7)n6)CC5)CC4)CC3)c(F)c2)CN1. The second kappa shape index (κ2) is 17.5. The van der Waals surface area contributed by atoms with Crippen molar-refractivity contribution < 1.29 is 18.4 Å². The predicted molar refractivity (Wildman–Crippen MR) is 217 cm³/mol. The number of rotatable bonds is 10. The van der Waals surface area contributed by atoms with Gasteiger partial charge in [0.1, 0.15) is 11.5 Å². The fraction of sp³-hybridized carbons (Fsp3) is 0.477. The number of halogens is 2. The molecule has 2 amide bonds. The Morgan fingerprint density at radius 1 is 0.772 bits per heavy atom. The van der Waals surface area contributed by atoms with Gasteiger partial charge in [0.15, 0.2) is 5.82 Å². The van der Waals surface area contributed by atoms with Crippen LogP contribution in [0.25, 0.3) is 22.4 Å². The molecule has 1 atom stereocenters. The number of hydrogen-bond donors (Lipinski definition) is 5. The van der Waals surface area contributed by atoms with Gasteiger partial charge in [0, 0.05) is 66.1 Å². The Balaban J connectivity index is 0.759. The Hall–Kier alpha value is -5.17. The molecule has 8 rings (SSSR count).